The molecule has 5 nitrogen and oxygen atoms in total. The Kier molecular flexibility index (Phi) is 3.72. The van der Waals surface area contributed by atoms with Crippen molar-refractivity contribution in [1.29, 1.82) is 0 Å². The zero-order chi connectivity index (χ0) is 17.6. The second-order valence-corrected chi connectivity index (χ2v) is 7.70. The summed E-state index contributed by atoms with van der Waals surface area (Å²) in [5, 5.41) is 0.625. The lowest BCUT2D eigenvalue weighted by molar-refractivity contribution is -0.148. The van der Waals surface area contributed by atoms with Crippen molar-refractivity contribution in [2.75, 3.05) is 0 Å². The van der Waals surface area contributed by atoms with Crippen molar-refractivity contribution in [2.45, 2.75) is 38.7 Å². The Morgan fingerprint density at radius 1 is 1.28 bits per heavy atom. The van der Waals surface area contributed by atoms with E-state index in [2.05, 4.69) is 9.97 Å². The highest BCUT2D eigenvalue weighted by molar-refractivity contribution is 7.18. The highest BCUT2D eigenvalue weighted by atomic mass is 32.1. The lowest BCUT2D eigenvalue weighted by Gasteiger charge is -2.14. The second kappa shape index (κ2) is 5.81. The van der Waals surface area contributed by atoms with Gasteiger partial charge in [0.25, 0.3) is 5.56 Å². The van der Waals surface area contributed by atoms with Crippen LogP contribution in [0, 0.1) is 13.8 Å². The molecule has 1 saturated carbocycles. The molecule has 0 unspecified atom stereocenters. The number of carbonyl (C=O) groups is 1. The molecule has 1 aliphatic carbocycles. The summed E-state index contributed by atoms with van der Waals surface area (Å²) in [5.41, 5.74) is 1.24. The van der Waals surface area contributed by atoms with Crippen LogP contribution in [0.15, 0.2) is 35.1 Å². The maximum atomic E-state index is 12.6. The van der Waals surface area contributed by atoms with Gasteiger partial charge in [-0.15, -0.1) is 11.3 Å². The lowest BCUT2D eigenvalue weighted by Crippen LogP contribution is -2.24. The summed E-state index contributed by atoms with van der Waals surface area (Å²) in [7, 11) is 0. The standard InChI is InChI=1S/C19H18N2O3S/c1-11-12(2)25-17-15(11)16(22)20-14(21-17)10-24-18(23)19(8-9-19)13-6-4-3-5-7-13/h3-7H,8-10H2,1-2H3,(H,20,21,22). The van der Waals surface area contributed by atoms with Gasteiger partial charge in [0.15, 0.2) is 0 Å². The Bertz CT molecular complexity index is 1020. The second-order valence-electron chi connectivity index (χ2n) is 6.50. The first kappa shape index (κ1) is 16.0. The van der Waals surface area contributed by atoms with Crippen LogP contribution in [0.2, 0.25) is 0 Å². The minimum atomic E-state index is -0.526. The summed E-state index contributed by atoms with van der Waals surface area (Å²) in [6.07, 6.45) is 1.59. The lowest BCUT2D eigenvalue weighted by atomic mass is 9.96. The van der Waals surface area contributed by atoms with Gasteiger partial charge in [0.05, 0.1) is 10.8 Å². The predicted molar refractivity (Wildman–Crippen MR) is 96.9 cm³/mol. The van der Waals surface area contributed by atoms with Crippen molar-refractivity contribution < 1.29 is 9.53 Å². The van der Waals surface area contributed by atoms with Crippen LogP contribution >= 0.6 is 11.3 Å². The van der Waals surface area contributed by atoms with Crippen molar-refractivity contribution in [3.63, 3.8) is 0 Å². The summed E-state index contributed by atoms with van der Waals surface area (Å²) in [4.78, 5) is 33.8. The number of aryl methyl sites for hydroxylation is 2. The maximum Gasteiger partial charge on any atom is 0.317 e. The molecule has 0 saturated heterocycles. The molecule has 0 spiro atoms. The molecule has 0 amide bonds. The highest BCUT2D eigenvalue weighted by Gasteiger charge is 2.52. The van der Waals surface area contributed by atoms with Crippen LogP contribution in [-0.2, 0) is 21.6 Å². The van der Waals surface area contributed by atoms with Crippen molar-refractivity contribution >= 4 is 27.5 Å². The Labute approximate surface area is 148 Å². The average Bonchev–Trinajstić information content (AvgIpc) is 3.36. The topological polar surface area (TPSA) is 72.0 Å². The van der Waals surface area contributed by atoms with Crippen LogP contribution in [0.4, 0.5) is 0 Å². The normalized spacial score (nSPS) is 15.3. The number of aromatic nitrogens is 2. The monoisotopic (exact) mass is 354 g/mol. The first-order valence-corrected chi connectivity index (χ1v) is 9.04. The van der Waals surface area contributed by atoms with E-state index in [0.29, 0.717) is 16.0 Å². The molecule has 3 aromatic rings. The number of thiophene rings is 1. The molecule has 2 aromatic heterocycles. The van der Waals surface area contributed by atoms with E-state index in [1.54, 1.807) is 0 Å². The predicted octanol–water partition coefficient (Wildman–Crippen LogP) is 3.38. The fourth-order valence-electron chi connectivity index (χ4n) is 3.13. The van der Waals surface area contributed by atoms with Gasteiger partial charge in [-0.05, 0) is 37.8 Å². The number of ether oxygens (including phenoxy) is 1. The third-order valence-corrected chi connectivity index (χ3v) is 6.00. The van der Waals surface area contributed by atoms with Gasteiger partial charge in [0.2, 0.25) is 0 Å². The molecule has 0 bridgehead atoms. The van der Waals surface area contributed by atoms with Crippen LogP contribution in [0.5, 0.6) is 0 Å². The minimum Gasteiger partial charge on any atom is -0.457 e. The molecule has 0 radical (unpaired) electrons. The number of carbonyl (C=O) groups excluding carboxylic acids is 1. The molecule has 128 valence electrons. The number of H-pyrrole nitrogens is 1. The number of nitrogens with one attached hydrogen (secondary N) is 1. The number of nitrogens with zero attached hydrogens (tertiary/aromatic N) is 1. The van der Waals surface area contributed by atoms with Gasteiger partial charge < -0.3 is 9.72 Å². The fourth-order valence-corrected chi connectivity index (χ4v) is 4.18. The molecule has 1 N–H and O–H groups in total. The molecule has 1 aromatic carbocycles. The third kappa shape index (κ3) is 2.66. The summed E-state index contributed by atoms with van der Waals surface area (Å²) in [6.45, 7) is 3.87. The van der Waals surface area contributed by atoms with Gasteiger partial charge in [0.1, 0.15) is 17.3 Å². The smallest absolute Gasteiger partial charge is 0.317 e. The summed E-state index contributed by atoms with van der Waals surface area (Å²) < 4.78 is 5.48. The van der Waals surface area contributed by atoms with E-state index in [1.807, 2.05) is 44.2 Å². The van der Waals surface area contributed by atoms with Gasteiger partial charge in [-0.3, -0.25) is 9.59 Å². The van der Waals surface area contributed by atoms with Crippen LogP contribution in [0.3, 0.4) is 0 Å². The minimum absolute atomic E-state index is 0.0193. The van der Waals surface area contributed by atoms with E-state index in [-0.39, 0.29) is 18.1 Å². The number of aromatic amines is 1. The van der Waals surface area contributed by atoms with E-state index in [4.69, 9.17) is 4.74 Å². The summed E-state index contributed by atoms with van der Waals surface area (Å²) >= 11 is 1.48. The number of benzene rings is 1. The van der Waals surface area contributed by atoms with Crippen molar-refractivity contribution in [3.8, 4) is 0 Å². The quantitative estimate of drug-likeness (QED) is 0.729. The van der Waals surface area contributed by atoms with Crippen LogP contribution in [0.25, 0.3) is 10.2 Å². The largest absolute Gasteiger partial charge is 0.457 e. The summed E-state index contributed by atoms with van der Waals surface area (Å²) in [6, 6.07) is 9.70. The Morgan fingerprint density at radius 2 is 2.00 bits per heavy atom. The van der Waals surface area contributed by atoms with Crippen molar-refractivity contribution in [1.82, 2.24) is 9.97 Å². The van der Waals surface area contributed by atoms with E-state index >= 15 is 0 Å². The van der Waals surface area contributed by atoms with E-state index < -0.39 is 5.41 Å². The zero-order valence-electron chi connectivity index (χ0n) is 14.1. The van der Waals surface area contributed by atoms with Gasteiger partial charge in [0, 0.05) is 4.88 Å². The maximum absolute atomic E-state index is 12.6. The van der Waals surface area contributed by atoms with Gasteiger partial charge >= 0.3 is 5.97 Å². The van der Waals surface area contributed by atoms with Crippen LogP contribution in [0.1, 0.15) is 34.7 Å². The first-order chi connectivity index (χ1) is 12.0. The Balaban J connectivity index is 1.55. The van der Waals surface area contributed by atoms with Gasteiger partial charge in [-0.2, -0.15) is 0 Å². The molecular weight excluding hydrogens is 336 g/mol. The van der Waals surface area contributed by atoms with E-state index in [9.17, 15) is 9.59 Å². The number of hydrogen-bond donors (Lipinski definition) is 1. The van der Waals surface area contributed by atoms with Crippen LogP contribution < -0.4 is 5.56 Å². The number of rotatable bonds is 4. The number of fused-ring (bicyclic) bond motifs is 1. The van der Waals surface area contributed by atoms with Gasteiger partial charge in [-0.25, -0.2) is 4.98 Å². The van der Waals surface area contributed by atoms with Crippen LogP contribution in [-0.4, -0.2) is 15.9 Å². The fraction of sp³-hybridized carbons (Fsp3) is 0.316. The Hall–Kier alpha value is -2.47. The van der Waals surface area contributed by atoms with Crippen molar-refractivity contribution in [2.24, 2.45) is 0 Å². The summed E-state index contributed by atoms with van der Waals surface area (Å²) in [5.74, 6) is 0.135. The first-order valence-electron chi connectivity index (χ1n) is 8.23. The highest BCUT2D eigenvalue weighted by Crippen LogP contribution is 2.49. The average molecular weight is 354 g/mol. The third-order valence-electron chi connectivity index (χ3n) is 4.90. The Morgan fingerprint density at radius 3 is 2.68 bits per heavy atom. The molecule has 0 aliphatic heterocycles. The number of esters is 1. The van der Waals surface area contributed by atoms with E-state index in [0.717, 1.165) is 28.8 Å². The molecule has 25 heavy (non-hydrogen) atoms. The van der Waals surface area contributed by atoms with E-state index in [1.165, 1.54) is 11.3 Å². The molecule has 4 rings (SSSR count). The molecule has 6 heteroatoms. The van der Waals surface area contributed by atoms with Gasteiger partial charge in [-0.1, -0.05) is 30.3 Å². The zero-order valence-corrected chi connectivity index (χ0v) is 14.9. The molecule has 2 heterocycles. The molecular formula is C19H18N2O3S. The van der Waals surface area contributed by atoms with Crippen molar-refractivity contribution in [3.05, 3.63) is 62.5 Å². The molecule has 1 fully saturated rings. The number of hydrogen-bond acceptors (Lipinski definition) is 5. The molecule has 1 aliphatic rings. The molecule has 0 atom stereocenters. The SMILES string of the molecule is Cc1sc2nc(COC(=O)C3(c4ccccc4)CC3)[nH]c(=O)c2c1C.